The van der Waals surface area contributed by atoms with Gasteiger partial charge in [-0.15, -0.1) is 0 Å². The fourth-order valence-electron chi connectivity index (χ4n) is 2.08. The van der Waals surface area contributed by atoms with Crippen molar-refractivity contribution in [2.75, 3.05) is 5.73 Å². The molecule has 2 N–H and O–H groups in total. The van der Waals surface area contributed by atoms with E-state index in [1.807, 2.05) is 18.2 Å². The Hall–Kier alpha value is -2.33. The Morgan fingerprint density at radius 3 is 2.33 bits per heavy atom. The lowest BCUT2D eigenvalue weighted by Gasteiger charge is -2.06. The largest absolute Gasteiger partial charge is 0.488 e. The molecule has 0 radical (unpaired) electrons. The molecule has 106 valence electrons. The Morgan fingerprint density at radius 2 is 1.67 bits per heavy atom. The highest BCUT2D eigenvalue weighted by Gasteiger charge is 2.01. The highest BCUT2D eigenvalue weighted by molar-refractivity contribution is 7.15. The van der Waals surface area contributed by atoms with Crippen LogP contribution in [-0.4, -0.2) is 4.98 Å². The van der Waals surface area contributed by atoms with Crippen molar-refractivity contribution in [3.8, 4) is 5.75 Å². The molecule has 21 heavy (non-hydrogen) atoms. The molecule has 0 aliphatic carbocycles. The summed E-state index contributed by atoms with van der Waals surface area (Å²) in [7, 11) is 0. The van der Waals surface area contributed by atoms with Crippen molar-refractivity contribution < 1.29 is 4.74 Å². The molecule has 0 aliphatic heterocycles. The topological polar surface area (TPSA) is 48.1 Å². The first kappa shape index (κ1) is 13.6. The standard InChI is InChI=1S/C17H16N2OS/c18-17-19-11-16(21-17)12-20-15-8-6-14(7-9-15)10-13-4-2-1-3-5-13/h1-9,11H,10,12H2,(H2,18,19). The van der Waals surface area contributed by atoms with Gasteiger partial charge in [0.1, 0.15) is 12.4 Å². The minimum atomic E-state index is 0.507. The van der Waals surface area contributed by atoms with E-state index in [1.54, 1.807) is 6.20 Å². The van der Waals surface area contributed by atoms with Gasteiger partial charge in [0.2, 0.25) is 0 Å². The number of anilines is 1. The second-order valence-electron chi connectivity index (χ2n) is 4.76. The van der Waals surface area contributed by atoms with Gasteiger partial charge in [-0.3, -0.25) is 0 Å². The zero-order valence-electron chi connectivity index (χ0n) is 11.5. The summed E-state index contributed by atoms with van der Waals surface area (Å²) < 4.78 is 5.73. The maximum absolute atomic E-state index is 5.73. The van der Waals surface area contributed by atoms with Crippen LogP contribution in [-0.2, 0) is 13.0 Å². The van der Waals surface area contributed by atoms with Gasteiger partial charge in [0.25, 0.3) is 0 Å². The van der Waals surface area contributed by atoms with Crippen molar-refractivity contribution in [3.63, 3.8) is 0 Å². The molecule has 0 saturated heterocycles. The lowest BCUT2D eigenvalue weighted by atomic mass is 10.1. The first-order valence-corrected chi connectivity index (χ1v) is 7.57. The molecular formula is C17H16N2OS. The number of ether oxygens (including phenoxy) is 1. The van der Waals surface area contributed by atoms with Crippen LogP contribution >= 0.6 is 11.3 Å². The van der Waals surface area contributed by atoms with Crippen LogP contribution in [0.25, 0.3) is 0 Å². The van der Waals surface area contributed by atoms with Crippen LogP contribution in [0.1, 0.15) is 16.0 Å². The van der Waals surface area contributed by atoms with Crippen molar-refractivity contribution in [1.82, 2.24) is 4.98 Å². The average Bonchev–Trinajstić information content (AvgIpc) is 2.93. The molecule has 3 nitrogen and oxygen atoms in total. The van der Waals surface area contributed by atoms with Gasteiger partial charge >= 0.3 is 0 Å². The molecule has 3 rings (SSSR count). The molecule has 0 unspecified atom stereocenters. The fourth-order valence-corrected chi connectivity index (χ4v) is 2.68. The quantitative estimate of drug-likeness (QED) is 0.777. The van der Waals surface area contributed by atoms with Crippen LogP contribution in [0.4, 0.5) is 5.13 Å². The lowest BCUT2D eigenvalue weighted by Crippen LogP contribution is -1.93. The second kappa shape index (κ2) is 6.41. The zero-order valence-corrected chi connectivity index (χ0v) is 12.3. The van der Waals surface area contributed by atoms with Crippen LogP contribution in [0.15, 0.2) is 60.8 Å². The van der Waals surface area contributed by atoms with Crippen molar-refractivity contribution in [2.45, 2.75) is 13.0 Å². The number of thiazole rings is 1. The van der Waals surface area contributed by atoms with E-state index >= 15 is 0 Å². The summed E-state index contributed by atoms with van der Waals surface area (Å²) >= 11 is 1.45. The third kappa shape index (κ3) is 3.83. The molecule has 0 bridgehead atoms. The Bertz CT molecular complexity index is 692. The van der Waals surface area contributed by atoms with Crippen molar-refractivity contribution in [2.24, 2.45) is 0 Å². The van der Waals surface area contributed by atoms with E-state index in [1.165, 1.54) is 22.5 Å². The molecule has 4 heteroatoms. The van der Waals surface area contributed by atoms with E-state index in [0.717, 1.165) is 17.0 Å². The normalized spacial score (nSPS) is 10.5. The molecule has 2 aromatic carbocycles. The van der Waals surface area contributed by atoms with Gasteiger partial charge < -0.3 is 10.5 Å². The number of benzene rings is 2. The molecule has 1 aromatic heterocycles. The average molecular weight is 296 g/mol. The van der Waals surface area contributed by atoms with Gasteiger partial charge in [0.15, 0.2) is 5.13 Å². The predicted octanol–water partition coefficient (Wildman–Crippen LogP) is 3.90. The Labute approximate surface area is 128 Å². The smallest absolute Gasteiger partial charge is 0.180 e. The maximum atomic E-state index is 5.73. The number of nitrogens with zero attached hydrogens (tertiary/aromatic N) is 1. The Balaban J connectivity index is 1.59. The van der Waals surface area contributed by atoms with E-state index in [2.05, 4.69) is 41.4 Å². The molecule has 0 atom stereocenters. The first-order chi connectivity index (χ1) is 10.3. The van der Waals surface area contributed by atoms with E-state index in [0.29, 0.717) is 11.7 Å². The predicted molar refractivity (Wildman–Crippen MR) is 86.5 cm³/mol. The summed E-state index contributed by atoms with van der Waals surface area (Å²) in [6.45, 7) is 0.507. The number of hydrogen-bond donors (Lipinski definition) is 1. The van der Waals surface area contributed by atoms with Crippen molar-refractivity contribution >= 4 is 16.5 Å². The van der Waals surface area contributed by atoms with Crippen LogP contribution < -0.4 is 10.5 Å². The fraction of sp³-hybridized carbons (Fsp3) is 0.118. The maximum Gasteiger partial charge on any atom is 0.180 e. The molecule has 3 aromatic rings. The van der Waals surface area contributed by atoms with E-state index in [9.17, 15) is 0 Å². The third-order valence-corrected chi connectivity index (χ3v) is 3.93. The zero-order chi connectivity index (χ0) is 14.5. The van der Waals surface area contributed by atoms with Crippen LogP contribution in [0.3, 0.4) is 0 Å². The van der Waals surface area contributed by atoms with Crippen LogP contribution in [0.2, 0.25) is 0 Å². The molecule has 0 saturated carbocycles. The lowest BCUT2D eigenvalue weighted by molar-refractivity contribution is 0.309. The van der Waals surface area contributed by atoms with E-state index < -0.39 is 0 Å². The number of aromatic nitrogens is 1. The summed E-state index contributed by atoms with van der Waals surface area (Å²) in [4.78, 5) is 5.03. The van der Waals surface area contributed by atoms with Gasteiger partial charge in [-0.2, -0.15) is 0 Å². The van der Waals surface area contributed by atoms with Crippen LogP contribution in [0.5, 0.6) is 5.75 Å². The SMILES string of the molecule is Nc1ncc(COc2ccc(Cc3ccccc3)cc2)s1. The second-order valence-corrected chi connectivity index (χ2v) is 5.91. The summed E-state index contributed by atoms with van der Waals surface area (Å²) in [6, 6.07) is 18.6. The number of rotatable bonds is 5. The number of nitrogen functional groups attached to an aromatic ring is 1. The van der Waals surface area contributed by atoms with E-state index in [-0.39, 0.29) is 0 Å². The van der Waals surface area contributed by atoms with Gasteiger partial charge in [0.05, 0.1) is 4.88 Å². The Kier molecular flexibility index (Phi) is 4.17. The third-order valence-electron chi connectivity index (χ3n) is 3.13. The molecule has 0 amide bonds. The van der Waals surface area contributed by atoms with E-state index in [4.69, 9.17) is 10.5 Å². The molecule has 0 fully saturated rings. The highest BCUT2D eigenvalue weighted by Crippen LogP contribution is 2.19. The summed E-state index contributed by atoms with van der Waals surface area (Å²) in [5, 5.41) is 0.576. The molecule has 1 heterocycles. The Morgan fingerprint density at radius 1 is 0.952 bits per heavy atom. The molecule has 0 spiro atoms. The minimum Gasteiger partial charge on any atom is -0.488 e. The van der Waals surface area contributed by atoms with Crippen molar-refractivity contribution in [3.05, 3.63) is 76.8 Å². The highest BCUT2D eigenvalue weighted by atomic mass is 32.1. The van der Waals surface area contributed by atoms with Gasteiger partial charge in [0, 0.05) is 6.20 Å². The van der Waals surface area contributed by atoms with Gasteiger partial charge in [-0.1, -0.05) is 53.8 Å². The number of hydrogen-bond acceptors (Lipinski definition) is 4. The van der Waals surface area contributed by atoms with Gasteiger partial charge in [-0.25, -0.2) is 4.98 Å². The first-order valence-electron chi connectivity index (χ1n) is 6.75. The monoisotopic (exact) mass is 296 g/mol. The molecular weight excluding hydrogens is 280 g/mol. The number of nitrogens with two attached hydrogens (primary N) is 1. The summed E-state index contributed by atoms with van der Waals surface area (Å²) in [5.41, 5.74) is 8.18. The summed E-state index contributed by atoms with van der Waals surface area (Å²) in [6.07, 6.45) is 2.69. The summed E-state index contributed by atoms with van der Waals surface area (Å²) in [5.74, 6) is 0.860. The minimum absolute atomic E-state index is 0.507. The van der Waals surface area contributed by atoms with Crippen molar-refractivity contribution in [1.29, 1.82) is 0 Å². The van der Waals surface area contributed by atoms with Gasteiger partial charge in [-0.05, 0) is 29.7 Å². The molecule has 0 aliphatic rings. The van der Waals surface area contributed by atoms with Crippen LogP contribution in [0, 0.1) is 0 Å².